The maximum atomic E-state index is 14.3. The summed E-state index contributed by atoms with van der Waals surface area (Å²) in [5.41, 5.74) is 0.648. The van der Waals surface area contributed by atoms with Crippen molar-refractivity contribution in [2.45, 2.75) is 18.7 Å². The molecule has 0 spiro atoms. The van der Waals surface area contributed by atoms with Crippen LogP contribution in [0.3, 0.4) is 0 Å². The zero-order valence-corrected chi connectivity index (χ0v) is 13.5. The van der Waals surface area contributed by atoms with Crippen LogP contribution >= 0.6 is 12.6 Å². The summed E-state index contributed by atoms with van der Waals surface area (Å²) < 4.78 is 14.3. The number of nitrogens with one attached hydrogen (secondary N) is 2. The Morgan fingerprint density at radius 1 is 1.17 bits per heavy atom. The predicted molar refractivity (Wildman–Crippen MR) is 92.6 cm³/mol. The van der Waals surface area contributed by atoms with Gasteiger partial charge in [-0.3, -0.25) is 9.59 Å². The Bertz CT molecular complexity index is 989. The van der Waals surface area contributed by atoms with Crippen LogP contribution in [0.1, 0.15) is 24.2 Å². The maximum Gasteiger partial charge on any atom is 0.255 e. The number of hydrogen-bond donors (Lipinski definition) is 3. The van der Waals surface area contributed by atoms with E-state index in [1.54, 1.807) is 38.1 Å². The average molecular weight is 330 g/mol. The molecule has 0 radical (unpaired) electrons. The largest absolute Gasteiger partial charge is 0.354 e. The fraction of sp³-hybridized carbons (Fsp3) is 0.176. The zero-order chi connectivity index (χ0) is 16.8. The minimum atomic E-state index is -0.782. The molecule has 23 heavy (non-hydrogen) atoms. The Morgan fingerprint density at radius 2 is 1.87 bits per heavy atom. The molecule has 1 aromatic heterocycles. The normalized spacial score (nSPS) is 11.8. The van der Waals surface area contributed by atoms with Crippen LogP contribution in [-0.2, 0) is 0 Å². The van der Waals surface area contributed by atoms with Crippen molar-refractivity contribution in [1.29, 1.82) is 0 Å². The number of halogens is 1. The number of fused-ring (bicyclic) bond motifs is 2. The molecule has 3 aromatic rings. The minimum absolute atomic E-state index is 0.134. The number of para-hydroxylation sites is 1. The second-order valence-corrected chi connectivity index (χ2v) is 7.01. The number of carbonyl (C=O) groups excluding carboxylic acids is 1. The van der Waals surface area contributed by atoms with E-state index in [9.17, 15) is 14.0 Å². The topological polar surface area (TPSA) is 62.0 Å². The molecule has 0 bridgehead atoms. The first-order valence-corrected chi connectivity index (χ1v) is 7.50. The zero-order valence-electron chi connectivity index (χ0n) is 12.6. The lowest BCUT2D eigenvalue weighted by Crippen LogP contribution is -2.39. The quantitative estimate of drug-likeness (QED) is 0.384. The van der Waals surface area contributed by atoms with Gasteiger partial charge in [-0.15, -0.1) is 0 Å². The Kier molecular flexibility index (Phi) is 3.64. The predicted octanol–water partition coefficient (Wildman–Crippen LogP) is 3.22. The number of aromatic nitrogens is 1. The first kappa shape index (κ1) is 15.6. The number of rotatable bonds is 2. The van der Waals surface area contributed by atoms with Crippen LogP contribution in [0.4, 0.5) is 4.39 Å². The summed E-state index contributed by atoms with van der Waals surface area (Å²) in [6, 6.07) is 9.43. The third-order valence-electron chi connectivity index (χ3n) is 3.46. The van der Waals surface area contributed by atoms with Crippen LogP contribution in [-0.4, -0.2) is 15.8 Å². The second-order valence-electron chi connectivity index (χ2n) is 5.89. The molecule has 0 fully saturated rings. The highest BCUT2D eigenvalue weighted by molar-refractivity contribution is 7.81. The van der Waals surface area contributed by atoms with E-state index >= 15 is 0 Å². The van der Waals surface area contributed by atoms with E-state index in [0.717, 1.165) is 6.07 Å². The fourth-order valence-corrected chi connectivity index (χ4v) is 2.57. The fourth-order valence-electron chi connectivity index (χ4n) is 2.46. The van der Waals surface area contributed by atoms with Gasteiger partial charge in [-0.25, -0.2) is 4.39 Å². The van der Waals surface area contributed by atoms with Gasteiger partial charge in [0.1, 0.15) is 5.82 Å². The Labute approximate surface area is 137 Å². The van der Waals surface area contributed by atoms with Crippen molar-refractivity contribution in [3.05, 3.63) is 58.0 Å². The molecule has 1 amide bonds. The number of amides is 1. The van der Waals surface area contributed by atoms with E-state index in [4.69, 9.17) is 0 Å². The number of thiol groups is 1. The molecular formula is C17H15FN2O2S. The van der Waals surface area contributed by atoms with E-state index in [2.05, 4.69) is 22.9 Å². The minimum Gasteiger partial charge on any atom is -0.354 e. The lowest BCUT2D eigenvalue weighted by molar-refractivity contribution is 0.0933. The van der Waals surface area contributed by atoms with E-state index in [0.29, 0.717) is 16.4 Å². The SMILES string of the molecule is CC(C)(S)NC(=O)c1cc2[nH]c3ccccc3c(=O)c2cc1F. The molecule has 0 atom stereocenters. The monoisotopic (exact) mass is 330 g/mol. The van der Waals surface area contributed by atoms with Gasteiger partial charge in [0.2, 0.25) is 0 Å². The number of H-pyrrole nitrogens is 1. The number of pyridine rings is 1. The highest BCUT2D eigenvalue weighted by atomic mass is 32.1. The van der Waals surface area contributed by atoms with Crippen molar-refractivity contribution in [2.75, 3.05) is 0 Å². The van der Waals surface area contributed by atoms with Crippen molar-refractivity contribution in [3.8, 4) is 0 Å². The van der Waals surface area contributed by atoms with Crippen LogP contribution in [0.2, 0.25) is 0 Å². The van der Waals surface area contributed by atoms with Crippen LogP contribution in [0.5, 0.6) is 0 Å². The second kappa shape index (κ2) is 5.38. The highest BCUT2D eigenvalue weighted by Crippen LogP contribution is 2.20. The van der Waals surface area contributed by atoms with E-state index in [1.165, 1.54) is 6.07 Å². The molecule has 2 N–H and O–H groups in total. The van der Waals surface area contributed by atoms with Crippen molar-refractivity contribution in [1.82, 2.24) is 10.3 Å². The van der Waals surface area contributed by atoms with Gasteiger partial charge in [0.15, 0.2) is 5.43 Å². The van der Waals surface area contributed by atoms with Crippen LogP contribution in [0.25, 0.3) is 21.8 Å². The molecule has 0 aliphatic heterocycles. The molecule has 1 heterocycles. The van der Waals surface area contributed by atoms with Gasteiger partial charge in [-0.1, -0.05) is 12.1 Å². The van der Waals surface area contributed by atoms with E-state index < -0.39 is 16.6 Å². The van der Waals surface area contributed by atoms with Gasteiger partial charge in [0.05, 0.1) is 16.0 Å². The van der Waals surface area contributed by atoms with E-state index in [1.807, 2.05) is 0 Å². The third kappa shape index (κ3) is 2.94. The van der Waals surface area contributed by atoms with Gasteiger partial charge in [-0.2, -0.15) is 12.6 Å². The molecule has 2 aromatic carbocycles. The first-order chi connectivity index (χ1) is 10.8. The van der Waals surface area contributed by atoms with Crippen molar-refractivity contribution >= 4 is 40.3 Å². The summed E-state index contributed by atoms with van der Waals surface area (Å²) in [5.74, 6) is -1.33. The molecule has 6 heteroatoms. The number of aromatic amines is 1. The standard InChI is InChI=1S/C17H15FN2O2S/c1-17(2,23)20-16(22)10-8-14-11(7-12(10)18)15(21)9-5-3-4-6-13(9)19-14/h3-8,23H,1-2H3,(H,19,21)(H,20,22). The summed E-state index contributed by atoms with van der Waals surface area (Å²) >= 11 is 4.20. The van der Waals surface area contributed by atoms with Gasteiger partial charge < -0.3 is 10.3 Å². The van der Waals surface area contributed by atoms with Crippen LogP contribution in [0, 0.1) is 5.82 Å². The molecule has 0 unspecified atom stereocenters. The molecule has 0 saturated carbocycles. The number of benzene rings is 2. The summed E-state index contributed by atoms with van der Waals surface area (Å²) in [5, 5.41) is 3.28. The Hall–Kier alpha value is -2.34. The molecule has 0 saturated heterocycles. The molecule has 0 aliphatic rings. The van der Waals surface area contributed by atoms with Crippen LogP contribution in [0.15, 0.2) is 41.2 Å². The molecule has 118 valence electrons. The number of carbonyl (C=O) groups is 1. The van der Waals surface area contributed by atoms with Crippen molar-refractivity contribution < 1.29 is 9.18 Å². The average Bonchev–Trinajstić information content (AvgIpc) is 2.46. The maximum absolute atomic E-state index is 14.3. The molecule has 3 rings (SSSR count). The number of hydrogen-bond acceptors (Lipinski definition) is 3. The van der Waals surface area contributed by atoms with Gasteiger partial charge >= 0.3 is 0 Å². The summed E-state index contributed by atoms with van der Waals surface area (Å²) in [4.78, 5) is 26.9. The molecule has 0 aliphatic carbocycles. The van der Waals surface area contributed by atoms with Crippen molar-refractivity contribution in [2.24, 2.45) is 0 Å². The van der Waals surface area contributed by atoms with Crippen LogP contribution < -0.4 is 10.7 Å². The summed E-state index contributed by atoms with van der Waals surface area (Å²) in [6.07, 6.45) is 0. The van der Waals surface area contributed by atoms with E-state index in [-0.39, 0.29) is 16.4 Å². The van der Waals surface area contributed by atoms with Gasteiger partial charge in [0.25, 0.3) is 5.91 Å². The molecule has 4 nitrogen and oxygen atoms in total. The molecular weight excluding hydrogens is 315 g/mol. The highest BCUT2D eigenvalue weighted by Gasteiger charge is 2.20. The lowest BCUT2D eigenvalue weighted by atomic mass is 10.1. The summed E-state index contributed by atoms with van der Waals surface area (Å²) in [7, 11) is 0. The first-order valence-electron chi connectivity index (χ1n) is 7.05. The van der Waals surface area contributed by atoms with Crippen molar-refractivity contribution in [3.63, 3.8) is 0 Å². The summed E-state index contributed by atoms with van der Waals surface area (Å²) in [6.45, 7) is 3.37. The van der Waals surface area contributed by atoms with Gasteiger partial charge in [0, 0.05) is 16.3 Å². The Balaban J connectivity index is 2.24. The smallest absolute Gasteiger partial charge is 0.255 e. The Morgan fingerprint density at radius 3 is 2.57 bits per heavy atom. The van der Waals surface area contributed by atoms with Gasteiger partial charge in [-0.05, 0) is 38.1 Å². The third-order valence-corrected chi connectivity index (χ3v) is 3.57. The lowest BCUT2D eigenvalue weighted by Gasteiger charge is -2.19.